The fraction of sp³-hybridized carbons (Fsp3) is 0.529. The molecule has 0 aromatic heterocycles. The van der Waals surface area contributed by atoms with E-state index in [0.29, 0.717) is 12.4 Å². The second kappa shape index (κ2) is 6.92. The second-order valence-electron chi connectivity index (χ2n) is 5.72. The summed E-state index contributed by atoms with van der Waals surface area (Å²) < 4.78 is 10.4. The van der Waals surface area contributed by atoms with Crippen LogP contribution in [0, 0.1) is 0 Å². The van der Waals surface area contributed by atoms with Gasteiger partial charge in [-0.05, 0) is 57.6 Å². The molecule has 5 nitrogen and oxygen atoms in total. The number of nitrogens with zero attached hydrogens (tertiary/aromatic N) is 1. The largest absolute Gasteiger partial charge is 0.465 e. The fourth-order valence-electron chi connectivity index (χ4n) is 2.89. The van der Waals surface area contributed by atoms with Crippen molar-refractivity contribution in [1.82, 2.24) is 4.90 Å². The Morgan fingerprint density at radius 2 is 1.77 bits per heavy atom. The molecule has 1 aromatic rings. The molecule has 1 heterocycles. The molecule has 1 saturated heterocycles. The molecule has 1 aliphatic rings. The van der Waals surface area contributed by atoms with Gasteiger partial charge in [-0.15, -0.1) is 0 Å². The maximum Gasteiger partial charge on any atom is 0.316 e. The standard InChI is InChI=1S/C17H23NO4/c1-4-21-16(20)17(9-11-18(3)12-10-17)14-5-7-15(8-6-14)22-13(2)19/h5-8H,4,9-12H2,1-3H3. The number of piperidine rings is 1. The lowest BCUT2D eigenvalue weighted by Crippen LogP contribution is -2.47. The molecule has 120 valence electrons. The Morgan fingerprint density at radius 3 is 2.27 bits per heavy atom. The summed E-state index contributed by atoms with van der Waals surface area (Å²) in [5, 5.41) is 0. The van der Waals surface area contributed by atoms with Gasteiger partial charge in [0.15, 0.2) is 0 Å². The van der Waals surface area contributed by atoms with Crippen LogP contribution in [0.3, 0.4) is 0 Å². The summed E-state index contributed by atoms with van der Waals surface area (Å²) in [6, 6.07) is 7.19. The molecule has 0 aliphatic carbocycles. The van der Waals surface area contributed by atoms with Gasteiger partial charge < -0.3 is 14.4 Å². The van der Waals surface area contributed by atoms with Crippen LogP contribution in [0.15, 0.2) is 24.3 Å². The Kier molecular flexibility index (Phi) is 5.19. The molecule has 0 spiro atoms. The van der Waals surface area contributed by atoms with Crippen molar-refractivity contribution < 1.29 is 19.1 Å². The van der Waals surface area contributed by atoms with Crippen LogP contribution in [-0.2, 0) is 19.7 Å². The predicted molar refractivity (Wildman–Crippen MR) is 82.8 cm³/mol. The van der Waals surface area contributed by atoms with Gasteiger partial charge in [-0.2, -0.15) is 0 Å². The van der Waals surface area contributed by atoms with E-state index in [-0.39, 0.29) is 11.9 Å². The smallest absolute Gasteiger partial charge is 0.316 e. The SMILES string of the molecule is CCOC(=O)C1(c2ccc(OC(C)=O)cc2)CCN(C)CC1. The molecule has 0 N–H and O–H groups in total. The molecule has 0 radical (unpaired) electrons. The molecular weight excluding hydrogens is 282 g/mol. The highest BCUT2D eigenvalue weighted by Crippen LogP contribution is 2.37. The lowest BCUT2D eigenvalue weighted by atomic mass is 9.73. The zero-order chi connectivity index (χ0) is 16.2. The van der Waals surface area contributed by atoms with Crippen LogP contribution in [-0.4, -0.2) is 43.6 Å². The Balaban J connectivity index is 2.28. The molecule has 0 unspecified atom stereocenters. The second-order valence-corrected chi connectivity index (χ2v) is 5.72. The topological polar surface area (TPSA) is 55.8 Å². The van der Waals surface area contributed by atoms with E-state index >= 15 is 0 Å². The van der Waals surface area contributed by atoms with Crippen molar-refractivity contribution in [3.8, 4) is 5.75 Å². The van der Waals surface area contributed by atoms with Crippen LogP contribution < -0.4 is 4.74 Å². The van der Waals surface area contributed by atoms with Crippen LogP contribution in [0.5, 0.6) is 5.75 Å². The first kappa shape index (κ1) is 16.5. The molecule has 0 amide bonds. The van der Waals surface area contributed by atoms with Crippen LogP contribution in [0.25, 0.3) is 0 Å². The highest BCUT2D eigenvalue weighted by Gasteiger charge is 2.43. The first-order chi connectivity index (χ1) is 10.5. The van der Waals surface area contributed by atoms with Gasteiger partial charge in [0, 0.05) is 6.92 Å². The number of carbonyl (C=O) groups is 2. The molecule has 0 saturated carbocycles. The van der Waals surface area contributed by atoms with E-state index in [2.05, 4.69) is 11.9 Å². The third-order valence-corrected chi connectivity index (χ3v) is 4.18. The minimum Gasteiger partial charge on any atom is -0.465 e. The van der Waals surface area contributed by atoms with E-state index in [1.165, 1.54) is 6.92 Å². The Bertz CT molecular complexity index is 530. The summed E-state index contributed by atoms with van der Waals surface area (Å²) in [7, 11) is 2.05. The zero-order valence-electron chi connectivity index (χ0n) is 13.4. The molecule has 5 heteroatoms. The number of esters is 2. The van der Waals surface area contributed by atoms with Crippen molar-refractivity contribution in [1.29, 1.82) is 0 Å². The summed E-state index contributed by atoms with van der Waals surface area (Å²) in [6.45, 7) is 5.27. The maximum absolute atomic E-state index is 12.6. The van der Waals surface area contributed by atoms with Crippen LogP contribution in [0.4, 0.5) is 0 Å². The van der Waals surface area contributed by atoms with Gasteiger partial charge in [0.2, 0.25) is 0 Å². The van der Waals surface area contributed by atoms with E-state index in [1.54, 1.807) is 12.1 Å². The van der Waals surface area contributed by atoms with Gasteiger partial charge in [-0.1, -0.05) is 12.1 Å². The van der Waals surface area contributed by atoms with Gasteiger partial charge in [-0.25, -0.2) is 0 Å². The first-order valence-corrected chi connectivity index (χ1v) is 7.62. The van der Waals surface area contributed by atoms with Gasteiger partial charge >= 0.3 is 11.9 Å². The van der Waals surface area contributed by atoms with Gasteiger partial charge in [0.25, 0.3) is 0 Å². The first-order valence-electron chi connectivity index (χ1n) is 7.62. The van der Waals surface area contributed by atoms with Crippen molar-refractivity contribution in [3.05, 3.63) is 29.8 Å². The molecule has 22 heavy (non-hydrogen) atoms. The number of benzene rings is 1. The average molecular weight is 305 g/mol. The summed E-state index contributed by atoms with van der Waals surface area (Å²) in [5.41, 5.74) is 0.326. The summed E-state index contributed by atoms with van der Waals surface area (Å²) >= 11 is 0. The van der Waals surface area contributed by atoms with Crippen LogP contribution >= 0.6 is 0 Å². The van der Waals surface area contributed by atoms with Crippen molar-refractivity contribution >= 4 is 11.9 Å². The molecule has 0 bridgehead atoms. The Morgan fingerprint density at radius 1 is 1.18 bits per heavy atom. The van der Waals surface area contributed by atoms with Crippen molar-refractivity contribution in [2.75, 3.05) is 26.7 Å². The molecular formula is C17H23NO4. The lowest BCUT2D eigenvalue weighted by Gasteiger charge is -2.39. The van der Waals surface area contributed by atoms with E-state index < -0.39 is 5.41 Å². The maximum atomic E-state index is 12.6. The molecule has 1 aliphatic heterocycles. The third kappa shape index (κ3) is 3.47. The number of likely N-dealkylation sites (tertiary alicyclic amines) is 1. The lowest BCUT2D eigenvalue weighted by molar-refractivity contribution is -0.152. The minimum atomic E-state index is -0.600. The number of carbonyl (C=O) groups excluding carboxylic acids is 2. The highest BCUT2D eigenvalue weighted by molar-refractivity contribution is 5.83. The van der Waals surface area contributed by atoms with E-state index in [0.717, 1.165) is 31.5 Å². The molecule has 2 rings (SSSR count). The van der Waals surface area contributed by atoms with E-state index in [1.807, 2.05) is 19.1 Å². The van der Waals surface area contributed by atoms with E-state index in [4.69, 9.17) is 9.47 Å². The van der Waals surface area contributed by atoms with Gasteiger partial charge in [0.1, 0.15) is 5.75 Å². The zero-order valence-corrected chi connectivity index (χ0v) is 13.4. The highest BCUT2D eigenvalue weighted by atomic mass is 16.5. The predicted octanol–water partition coefficient (Wildman–Crippen LogP) is 2.14. The third-order valence-electron chi connectivity index (χ3n) is 4.18. The molecule has 1 fully saturated rings. The summed E-state index contributed by atoms with van der Waals surface area (Å²) in [6.07, 6.45) is 1.46. The Hall–Kier alpha value is -1.88. The Labute approximate surface area is 131 Å². The fourth-order valence-corrected chi connectivity index (χ4v) is 2.89. The normalized spacial score (nSPS) is 17.8. The van der Waals surface area contributed by atoms with Crippen molar-refractivity contribution in [3.63, 3.8) is 0 Å². The number of ether oxygens (including phenoxy) is 2. The summed E-state index contributed by atoms with van der Waals surface area (Å²) in [5.74, 6) is -0.0290. The average Bonchev–Trinajstić information content (AvgIpc) is 2.49. The van der Waals surface area contributed by atoms with E-state index in [9.17, 15) is 9.59 Å². The van der Waals surface area contributed by atoms with Crippen LogP contribution in [0.1, 0.15) is 32.3 Å². The molecule has 0 atom stereocenters. The van der Waals surface area contributed by atoms with Crippen molar-refractivity contribution in [2.45, 2.75) is 32.1 Å². The minimum absolute atomic E-state index is 0.164. The van der Waals surface area contributed by atoms with Crippen LogP contribution in [0.2, 0.25) is 0 Å². The molecule has 1 aromatic carbocycles. The van der Waals surface area contributed by atoms with Crippen molar-refractivity contribution in [2.24, 2.45) is 0 Å². The number of hydrogen-bond acceptors (Lipinski definition) is 5. The number of rotatable bonds is 4. The van der Waals surface area contributed by atoms with Gasteiger partial charge in [0.05, 0.1) is 12.0 Å². The van der Waals surface area contributed by atoms with Gasteiger partial charge in [-0.3, -0.25) is 9.59 Å². The summed E-state index contributed by atoms with van der Waals surface area (Å²) in [4.78, 5) is 25.8. The quantitative estimate of drug-likeness (QED) is 0.630. The number of hydrogen-bond donors (Lipinski definition) is 0. The monoisotopic (exact) mass is 305 g/mol.